The van der Waals surface area contributed by atoms with E-state index in [1.54, 1.807) is 9.47 Å². The number of aryl methyl sites for hydroxylation is 4. The summed E-state index contributed by atoms with van der Waals surface area (Å²) in [7, 11) is 0. The number of hydrogen-bond acceptors (Lipinski definition) is 6. The third-order valence-electron chi connectivity index (χ3n) is 5.59. The van der Waals surface area contributed by atoms with Crippen LogP contribution in [0, 0.1) is 39.0 Å². The Labute approximate surface area is 196 Å². The minimum absolute atomic E-state index is 0.0581. The number of amides is 1. The fourth-order valence-corrected chi connectivity index (χ4v) is 5.58. The largest absolute Gasteiger partial charge is 0.311 e. The molecule has 0 N–H and O–H groups in total. The van der Waals surface area contributed by atoms with Gasteiger partial charge in [-0.25, -0.2) is 4.98 Å². The molecule has 0 fully saturated rings. The first-order chi connectivity index (χ1) is 15.1. The molecule has 0 aliphatic rings. The van der Waals surface area contributed by atoms with E-state index in [9.17, 15) is 9.59 Å². The van der Waals surface area contributed by atoms with Crippen molar-refractivity contribution in [3.63, 3.8) is 0 Å². The van der Waals surface area contributed by atoms with E-state index in [4.69, 9.17) is 10.2 Å². The van der Waals surface area contributed by atoms with Crippen LogP contribution in [0.5, 0.6) is 0 Å². The number of hydrogen-bond donors (Lipinski definition) is 0. The van der Waals surface area contributed by atoms with Crippen LogP contribution in [0.3, 0.4) is 0 Å². The smallest absolute Gasteiger partial charge is 0.263 e. The van der Waals surface area contributed by atoms with Crippen molar-refractivity contribution in [2.75, 3.05) is 17.2 Å². The summed E-state index contributed by atoms with van der Waals surface area (Å²) in [4.78, 5) is 34.6. The maximum atomic E-state index is 13.2. The lowest BCUT2D eigenvalue weighted by molar-refractivity contribution is -0.116. The Morgan fingerprint density at radius 2 is 1.97 bits per heavy atom. The summed E-state index contributed by atoms with van der Waals surface area (Å²) in [6, 6.07) is 7.91. The maximum absolute atomic E-state index is 13.2. The van der Waals surface area contributed by atoms with Crippen molar-refractivity contribution in [2.45, 2.75) is 59.2 Å². The first-order valence-electron chi connectivity index (χ1n) is 10.5. The molecule has 2 aromatic heterocycles. The van der Waals surface area contributed by atoms with Crippen molar-refractivity contribution in [3.05, 3.63) is 50.1 Å². The molecular formula is C24H28N4O2S2. The highest BCUT2D eigenvalue weighted by Crippen LogP contribution is 2.30. The molecule has 0 spiro atoms. The standard InChI is InChI=1S/C24H28N4O2S2/c1-14(2)28-23(30)21-17(5)18(6)32-22(21)26-24(28)31-13-20(29)27(11-7-10-25)19-9-8-15(3)16(4)12-19/h8-9,12,14H,7,11,13H2,1-6H3. The molecule has 0 aliphatic carbocycles. The lowest BCUT2D eigenvalue weighted by Gasteiger charge is -2.23. The highest BCUT2D eigenvalue weighted by atomic mass is 32.2. The zero-order valence-corrected chi connectivity index (χ0v) is 21.0. The van der Waals surface area contributed by atoms with Crippen molar-refractivity contribution >= 4 is 44.9 Å². The summed E-state index contributed by atoms with van der Waals surface area (Å²) in [5, 5.41) is 10.3. The Bertz CT molecular complexity index is 1270. The van der Waals surface area contributed by atoms with Gasteiger partial charge in [0.25, 0.3) is 5.56 Å². The van der Waals surface area contributed by atoms with Crippen LogP contribution in [0.2, 0.25) is 0 Å². The molecule has 0 saturated heterocycles. The van der Waals surface area contributed by atoms with E-state index in [-0.39, 0.29) is 29.7 Å². The van der Waals surface area contributed by atoms with Crippen LogP contribution in [0.15, 0.2) is 28.2 Å². The summed E-state index contributed by atoms with van der Waals surface area (Å²) in [6.07, 6.45) is 0.248. The van der Waals surface area contributed by atoms with Crippen LogP contribution < -0.4 is 10.5 Å². The molecular weight excluding hydrogens is 440 g/mol. The average Bonchev–Trinajstić information content (AvgIpc) is 3.02. The van der Waals surface area contributed by atoms with Crippen LogP contribution in [0.1, 0.15) is 47.9 Å². The van der Waals surface area contributed by atoms with E-state index in [1.807, 2.05) is 59.7 Å². The van der Waals surface area contributed by atoms with Gasteiger partial charge in [-0.15, -0.1) is 11.3 Å². The third kappa shape index (κ3) is 4.74. The second-order valence-corrected chi connectivity index (χ2v) is 10.3. The van der Waals surface area contributed by atoms with Gasteiger partial charge < -0.3 is 4.90 Å². The molecule has 0 aliphatic heterocycles. The van der Waals surface area contributed by atoms with Crippen molar-refractivity contribution in [2.24, 2.45) is 0 Å². The molecule has 0 atom stereocenters. The highest BCUT2D eigenvalue weighted by Gasteiger charge is 2.21. The molecule has 0 unspecified atom stereocenters. The molecule has 0 bridgehead atoms. The van der Waals surface area contributed by atoms with Gasteiger partial charge in [-0.3, -0.25) is 14.2 Å². The van der Waals surface area contributed by atoms with E-state index in [1.165, 1.54) is 23.1 Å². The number of fused-ring (bicyclic) bond motifs is 1. The van der Waals surface area contributed by atoms with Crippen LogP contribution in [-0.2, 0) is 4.79 Å². The molecule has 2 heterocycles. The fraction of sp³-hybridized carbons (Fsp3) is 0.417. The van der Waals surface area contributed by atoms with Crippen molar-refractivity contribution in [3.8, 4) is 6.07 Å². The number of nitrogens with zero attached hydrogens (tertiary/aromatic N) is 4. The summed E-state index contributed by atoms with van der Waals surface area (Å²) in [5.74, 6) is 0.0171. The lowest BCUT2D eigenvalue weighted by atomic mass is 10.1. The number of anilines is 1. The summed E-state index contributed by atoms with van der Waals surface area (Å²) >= 11 is 2.79. The Balaban J connectivity index is 1.93. The summed E-state index contributed by atoms with van der Waals surface area (Å²) in [5.41, 5.74) is 3.94. The second kappa shape index (κ2) is 9.88. The molecule has 1 aromatic carbocycles. The van der Waals surface area contributed by atoms with E-state index < -0.39 is 0 Å². The van der Waals surface area contributed by atoms with Gasteiger partial charge in [0.1, 0.15) is 4.83 Å². The number of nitriles is 1. The first-order valence-corrected chi connectivity index (χ1v) is 12.4. The van der Waals surface area contributed by atoms with E-state index in [0.29, 0.717) is 21.9 Å². The van der Waals surface area contributed by atoms with E-state index in [2.05, 4.69) is 6.07 Å². The van der Waals surface area contributed by atoms with Crippen LogP contribution in [-0.4, -0.2) is 27.8 Å². The zero-order valence-electron chi connectivity index (χ0n) is 19.4. The topological polar surface area (TPSA) is 79.0 Å². The number of carbonyl (C=O) groups is 1. The Morgan fingerprint density at radius 1 is 1.25 bits per heavy atom. The van der Waals surface area contributed by atoms with Gasteiger partial charge in [0.2, 0.25) is 5.91 Å². The van der Waals surface area contributed by atoms with Gasteiger partial charge in [0.05, 0.1) is 23.6 Å². The van der Waals surface area contributed by atoms with Crippen LogP contribution in [0.4, 0.5) is 5.69 Å². The Kier molecular flexibility index (Phi) is 7.42. The number of benzene rings is 1. The predicted octanol–water partition coefficient (Wildman–Crippen LogP) is 5.31. The van der Waals surface area contributed by atoms with Gasteiger partial charge in [0, 0.05) is 23.2 Å². The Hall–Kier alpha value is -2.63. The van der Waals surface area contributed by atoms with Gasteiger partial charge >= 0.3 is 0 Å². The number of aromatic nitrogens is 2. The second-order valence-electron chi connectivity index (χ2n) is 8.14. The fourth-order valence-electron chi connectivity index (χ4n) is 3.50. The molecule has 32 heavy (non-hydrogen) atoms. The van der Waals surface area contributed by atoms with Crippen LogP contribution >= 0.6 is 23.1 Å². The molecule has 0 saturated carbocycles. The van der Waals surface area contributed by atoms with Crippen LogP contribution in [0.25, 0.3) is 10.2 Å². The first kappa shape index (κ1) is 24.0. The van der Waals surface area contributed by atoms with Gasteiger partial charge in [-0.1, -0.05) is 17.8 Å². The van der Waals surface area contributed by atoms with Gasteiger partial charge in [-0.2, -0.15) is 5.26 Å². The maximum Gasteiger partial charge on any atom is 0.263 e. The molecule has 3 rings (SSSR count). The molecule has 0 radical (unpaired) electrons. The van der Waals surface area contributed by atoms with E-state index in [0.717, 1.165) is 27.3 Å². The summed E-state index contributed by atoms with van der Waals surface area (Å²) < 4.78 is 1.68. The molecule has 8 heteroatoms. The molecule has 168 valence electrons. The lowest BCUT2D eigenvalue weighted by Crippen LogP contribution is -2.34. The average molecular weight is 469 g/mol. The predicted molar refractivity (Wildman–Crippen MR) is 133 cm³/mol. The Morgan fingerprint density at radius 3 is 2.59 bits per heavy atom. The quantitative estimate of drug-likeness (QED) is 0.347. The highest BCUT2D eigenvalue weighted by molar-refractivity contribution is 7.99. The van der Waals surface area contributed by atoms with E-state index >= 15 is 0 Å². The van der Waals surface area contributed by atoms with Gasteiger partial charge in [-0.05, 0) is 70.4 Å². The number of rotatable bonds is 7. The SMILES string of the molecule is Cc1ccc(N(CCC#N)C(=O)CSc2nc3sc(C)c(C)c3c(=O)n2C(C)C)cc1C. The molecule has 6 nitrogen and oxygen atoms in total. The number of thioether (sulfide) groups is 1. The minimum Gasteiger partial charge on any atom is -0.311 e. The minimum atomic E-state index is -0.114. The van der Waals surface area contributed by atoms with Crippen molar-refractivity contribution in [1.82, 2.24) is 9.55 Å². The van der Waals surface area contributed by atoms with Gasteiger partial charge in [0.15, 0.2) is 5.16 Å². The monoisotopic (exact) mass is 468 g/mol. The summed E-state index contributed by atoms with van der Waals surface area (Å²) in [6.45, 7) is 12.2. The van der Waals surface area contributed by atoms with Crippen molar-refractivity contribution < 1.29 is 4.79 Å². The number of carbonyl (C=O) groups excluding carboxylic acids is 1. The third-order valence-corrected chi connectivity index (χ3v) is 7.63. The normalized spacial score (nSPS) is 11.2. The zero-order chi connectivity index (χ0) is 23.6. The molecule has 1 amide bonds. The van der Waals surface area contributed by atoms with Crippen molar-refractivity contribution in [1.29, 1.82) is 5.26 Å². The number of thiophene rings is 1. The molecule has 3 aromatic rings.